The lowest BCUT2D eigenvalue weighted by Gasteiger charge is -2.17. The summed E-state index contributed by atoms with van der Waals surface area (Å²) in [6.07, 6.45) is 0.107. The first-order chi connectivity index (χ1) is 15.8. The Hall–Kier alpha value is -2.86. The Morgan fingerprint density at radius 2 is 2.00 bits per heavy atom. The molecule has 2 amide bonds. The topological polar surface area (TPSA) is 118 Å². The van der Waals surface area contributed by atoms with E-state index in [0.29, 0.717) is 5.69 Å². The van der Waals surface area contributed by atoms with Crippen molar-refractivity contribution in [3.63, 3.8) is 0 Å². The van der Waals surface area contributed by atoms with Crippen LogP contribution in [-0.4, -0.2) is 52.0 Å². The van der Waals surface area contributed by atoms with E-state index in [4.69, 9.17) is 4.74 Å². The third-order valence-electron chi connectivity index (χ3n) is 5.32. The van der Waals surface area contributed by atoms with E-state index in [1.54, 1.807) is 16.2 Å². The molecule has 9 nitrogen and oxygen atoms in total. The van der Waals surface area contributed by atoms with Crippen LogP contribution in [-0.2, 0) is 24.3 Å². The van der Waals surface area contributed by atoms with Crippen molar-refractivity contribution >= 4 is 54.8 Å². The van der Waals surface area contributed by atoms with Crippen LogP contribution in [0.4, 0.5) is 11.4 Å². The first kappa shape index (κ1) is 23.3. The van der Waals surface area contributed by atoms with Crippen molar-refractivity contribution in [2.75, 3.05) is 37.0 Å². The number of methoxy groups -OCH3 is 1. The van der Waals surface area contributed by atoms with E-state index < -0.39 is 15.9 Å². The van der Waals surface area contributed by atoms with Crippen molar-refractivity contribution in [1.29, 1.82) is 0 Å². The van der Waals surface area contributed by atoms with Gasteiger partial charge >= 0.3 is 0 Å². The Bertz CT molecular complexity index is 1290. The SMILES string of the molecule is COCCNS(=O)(=O)c1ccc(NC(=O)C2CC(=O)N(c3ccc4sc(C)nc4c3)C2)cc1. The Kier molecular flexibility index (Phi) is 6.75. The van der Waals surface area contributed by atoms with Crippen molar-refractivity contribution in [2.45, 2.75) is 18.2 Å². The maximum Gasteiger partial charge on any atom is 0.240 e. The summed E-state index contributed by atoms with van der Waals surface area (Å²) in [5.41, 5.74) is 2.02. The standard InChI is InChI=1S/C22H24N4O5S2/c1-14-24-19-12-17(5-8-20(19)32-14)26-13-15(11-21(26)27)22(28)25-16-3-6-18(7-4-16)33(29,30)23-9-10-31-2/h3-8,12,15,23H,9-11,13H2,1-2H3,(H,25,28). The van der Waals surface area contributed by atoms with Crippen molar-refractivity contribution in [2.24, 2.45) is 5.92 Å². The number of aromatic nitrogens is 1. The zero-order valence-corrected chi connectivity index (χ0v) is 19.8. The predicted molar refractivity (Wildman–Crippen MR) is 127 cm³/mol. The quantitative estimate of drug-likeness (QED) is 0.471. The van der Waals surface area contributed by atoms with Gasteiger partial charge in [-0.1, -0.05) is 0 Å². The second-order valence-corrected chi connectivity index (χ2v) is 10.7. The van der Waals surface area contributed by atoms with Crippen molar-refractivity contribution in [3.05, 3.63) is 47.5 Å². The average molecular weight is 489 g/mol. The molecule has 1 saturated heterocycles. The number of hydrogen-bond acceptors (Lipinski definition) is 7. The molecule has 1 unspecified atom stereocenters. The number of hydrogen-bond donors (Lipinski definition) is 2. The molecule has 1 aliphatic rings. The van der Waals surface area contributed by atoms with Crippen molar-refractivity contribution < 1.29 is 22.7 Å². The van der Waals surface area contributed by atoms with Gasteiger partial charge in [0.2, 0.25) is 21.8 Å². The van der Waals surface area contributed by atoms with Gasteiger partial charge in [0.1, 0.15) is 0 Å². The Balaban J connectivity index is 1.40. The van der Waals surface area contributed by atoms with Crippen molar-refractivity contribution in [1.82, 2.24) is 9.71 Å². The van der Waals surface area contributed by atoms with Gasteiger partial charge in [-0.05, 0) is 49.4 Å². The molecule has 0 radical (unpaired) electrons. The van der Waals surface area contributed by atoms with Gasteiger partial charge in [0.25, 0.3) is 0 Å². The number of aryl methyl sites for hydroxylation is 1. The van der Waals surface area contributed by atoms with Gasteiger partial charge in [0.05, 0.1) is 32.6 Å². The summed E-state index contributed by atoms with van der Waals surface area (Å²) in [6.45, 7) is 2.64. The molecule has 2 aromatic carbocycles. The molecule has 0 aliphatic carbocycles. The molecular weight excluding hydrogens is 464 g/mol. The van der Waals surface area contributed by atoms with Crippen LogP contribution in [0.5, 0.6) is 0 Å². The maximum atomic E-state index is 12.8. The van der Waals surface area contributed by atoms with Crippen LogP contribution in [0, 0.1) is 12.8 Å². The minimum atomic E-state index is -3.65. The molecule has 1 fully saturated rings. The molecular formula is C22H24N4O5S2. The second-order valence-electron chi connectivity index (χ2n) is 7.69. The van der Waals surface area contributed by atoms with Gasteiger partial charge in [-0.3, -0.25) is 9.59 Å². The second kappa shape index (κ2) is 9.56. The lowest BCUT2D eigenvalue weighted by atomic mass is 10.1. The average Bonchev–Trinajstić information content (AvgIpc) is 3.35. The zero-order valence-electron chi connectivity index (χ0n) is 18.2. The molecule has 4 rings (SSSR count). The van der Waals surface area contributed by atoms with Crippen LogP contribution in [0.3, 0.4) is 0 Å². The molecule has 2 heterocycles. The summed E-state index contributed by atoms with van der Waals surface area (Å²) in [7, 11) is -2.16. The molecule has 11 heteroatoms. The highest BCUT2D eigenvalue weighted by Crippen LogP contribution is 2.30. The number of thiazole rings is 1. The number of carbonyl (C=O) groups excluding carboxylic acids is 2. The molecule has 1 atom stereocenters. The third kappa shape index (κ3) is 5.22. The van der Waals surface area contributed by atoms with Crippen LogP contribution in [0.25, 0.3) is 10.2 Å². The highest BCUT2D eigenvalue weighted by atomic mass is 32.2. The van der Waals surface area contributed by atoms with E-state index >= 15 is 0 Å². The van der Waals surface area contributed by atoms with Gasteiger partial charge in [-0.2, -0.15) is 0 Å². The summed E-state index contributed by atoms with van der Waals surface area (Å²) in [6, 6.07) is 11.6. The molecule has 0 spiro atoms. The summed E-state index contributed by atoms with van der Waals surface area (Å²) in [4.78, 5) is 31.5. The van der Waals surface area contributed by atoms with E-state index in [2.05, 4.69) is 15.0 Å². The maximum absolute atomic E-state index is 12.8. The normalized spacial score (nSPS) is 16.5. The van der Waals surface area contributed by atoms with Gasteiger partial charge in [-0.25, -0.2) is 18.1 Å². The molecule has 0 bridgehead atoms. The first-order valence-corrected chi connectivity index (χ1v) is 12.6. The summed E-state index contributed by atoms with van der Waals surface area (Å²) >= 11 is 1.59. The smallest absolute Gasteiger partial charge is 0.240 e. The summed E-state index contributed by atoms with van der Waals surface area (Å²) < 4.78 is 32.8. The molecule has 3 aromatic rings. The van der Waals surface area contributed by atoms with Gasteiger partial charge in [-0.15, -0.1) is 11.3 Å². The first-order valence-electron chi connectivity index (χ1n) is 10.3. The van der Waals surface area contributed by atoms with Gasteiger partial charge in [0.15, 0.2) is 0 Å². The summed E-state index contributed by atoms with van der Waals surface area (Å²) in [5.74, 6) is -0.917. The minimum absolute atomic E-state index is 0.0893. The number of sulfonamides is 1. The highest BCUT2D eigenvalue weighted by Gasteiger charge is 2.35. The molecule has 1 aliphatic heterocycles. The van der Waals surface area contributed by atoms with Gasteiger partial charge < -0.3 is 15.0 Å². The molecule has 1 aromatic heterocycles. The fourth-order valence-electron chi connectivity index (χ4n) is 3.65. The molecule has 174 valence electrons. The van der Waals surface area contributed by atoms with E-state index in [9.17, 15) is 18.0 Å². The Morgan fingerprint density at radius 1 is 1.24 bits per heavy atom. The molecule has 33 heavy (non-hydrogen) atoms. The highest BCUT2D eigenvalue weighted by molar-refractivity contribution is 7.89. The number of fused-ring (bicyclic) bond motifs is 1. The van der Waals surface area contributed by atoms with Crippen LogP contribution in [0.15, 0.2) is 47.4 Å². The van der Waals surface area contributed by atoms with Gasteiger partial charge in [0, 0.05) is 38.0 Å². The summed E-state index contributed by atoms with van der Waals surface area (Å²) in [5, 5.41) is 3.73. The number of benzene rings is 2. The number of rotatable bonds is 8. The van der Waals surface area contributed by atoms with Crippen LogP contribution in [0.2, 0.25) is 0 Å². The fraction of sp³-hybridized carbons (Fsp3) is 0.318. The van der Waals surface area contributed by atoms with Crippen LogP contribution in [0.1, 0.15) is 11.4 Å². The predicted octanol–water partition coefficient (Wildman–Crippen LogP) is 2.52. The van der Waals surface area contributed by atoms with E-state index in [0.717, 1.165) is 20.9 Å². The lowest BCUT2D eigenvalue weighted by molar-refractivity contribution is -0.122. The van der Waals surface area contributed by atoms with Crippen LogP contribution < -0.4 is 14.9 Å². The van der Waals surface area contributed by atoms with E-state index in [1.165, 1.54) is 31.4 Å². The third-order valence-corrected chi connectivity index (χ3v) is 7.74. The lowest BCUT2D eigenvalue weighted by Crippen LogP contribution is -2.28. The number of nitrogens with zero attached hydrogens (tertiary/aromatic N) is 2. The molecule has 2 N–H and O–H groups in total. The van der Waals surface area contributed by atoms with E-state index in [-0.39, 0.29) is 42.8 Å². The van der Waals surface area contributed by atoms with Crippen molar-refractivity contribution in [3.8, 4) is 0 Å². The minimum Gasteiger partial charge on any atom is -0.383 e. The number of anilines is 2. The monoisotopic (exact) mass is 488 g/mol. The Labute approximate surface area is 195 Å². The fourth-order valence-corrected chi connectivity index (χ4v) is 5.48. The number of amides is 2. The number of ether oxygens (including phenoxy) is 1. The number of carbonyl (C=O) groups is 2. The number of nitrogens with one attached hydrogen (secondary N) is 2. The molecule has 0 saturated carbocycles. The van der Waals surface area contributed by atoms with Crippen LogP contribution >= 0.6 is 11.3 Å². The Morgan fingerprint density at radius 3 is 2.73 bits per heavy atom. The van der Waals surface area contributed by atoms with E-state index in [1.807, 2.05) is 25.1 Å². The largest absolute Gasteiger partial charge is 0.383 e. The zero-order chi connectivity index (χ0) is 23.6.